The number of aryl methyl sites for hydroxylation is 3. The van der Waals surface area contributed by atoms with Crippen LogP contribution in [0.3, 0.4) is 0 Å². The van der Waals surface area contributed by atoms with Crippen molar-refractivity contribution in [3.05, 3.63) is 46.0 Å². The van der Waals surface area contributed by atoms with E-state index in [2.05, 4.69) is 4.74 Å². The average molecular weight is 276 g/mol. The van der Waals surface area contributed by atoms with Crippen molar-refractivity contribution in [2.45, 2.75) is 27.7 Å². The van der Waals surface area contributed by atoms with Gasteiger partial charge in [0, 0.05) is 0 Å². The van der Waals surface area contributed by atoms with Gasteiger partial charge in [-0.25, -0.2) is 9.59 Å². The van der Waals surface area contributed by atoms with Crippen molar-refractivity contribution in [1.29, 1.82) is 0 Å². The van der Waals surface area contributed by atoms with Gasteiger partial charge in [0.05, 0.1) is 18.2 Å². The molecule has 4 heteroatoms. The number of methoxy groups -OCH3 is 1. The van der Waals surface area contributed by atoms with Gasteiger partial charge >= 0.3 is 11.9 Å². The highest BCUT2D eigenvalue weighted by Crippen LogP contribution is 2.17. The molecule has 0 unspecified atom stereocenters. The molecule has 1 rings (SSSR count). The monoisotopic (exact) mass is 276 g/mol. The lowest BCUT2D eigenvalue weighted by molar-refractivity contribution is -0.136. The van der Waals surface area contributed by atoms with Gasteiger partial charge in [0.25, 0.3) is 0 Å². The molecule has 0 saturated heterocycles. The maximum Gasteiger partial charge on any atom is 0.339 e. The summed E-state index contributed by atoms with van der Waals surface area (Å²) in [7, 11) is 1.29. The number of carbonyl (C=O) groups is 2. The molecule has 0 bridgehead atoms. The van der Waals surface area contributed by atoms with E-state index in [4.69, 9.17) is 4.74 Å². The Bertz CT molecular complexity index is 533. The molecule has 1 aromatic rings. The Morgan fingerprint density at radius 3 is 2.15 bits per heavy atom. The Labute approximate surface area is 119 Å². The number of hydrogen-bond donors (Lipinski definition) is 0. The fourth-order valence-electron chi connectivity index (χ4n) is 2.11. The predicted molar refractivity (Wildman–Crippen MR) is 76.7 cm³/mol. The zero-order valence-electron chi connectivity index (χ0n) is 12.6. The fraction of sp³-hybridized carbons (Fsp3) is 0.375. The smallest absolute Gasteiger partial charge is 0.339 e. The number of ether oxygens (including phenoxy) is 2. The number of rotatable bonds is 4. The molecule has 0 amide bonds. The van der Waals surface area contributed by atoms with E-state index in [-0.39, 0.29) is 6.61 Å². The summed E-state index contributed by atoms with van der Waals surface area (Å²) in [6.07, 6.45) is 1.58. The van der Waals surface area contributed by atoms with E-state index in [1.54, 1.807) is 13.0 Å². The third kappa shape index (κ3) is 3.70. The highest BCUT2D eigenvalue weighted by atomic mass is 16.5. The summed E-state index contributed by atoms with van der Waals surface area (Å²) in [4.78, 5) is 23.5. The third-order valence-corrected chi connectivity index (χ3v) is 3.04. The maximum absolute atomic E-state index is 12.1. The van der Waals surface area contributed by atoms with Crippen molar-refractivity contribution in [2.75, 3.05) is 13.7 Å². The molecule has 0 aliphatic carbocycles. The Kier molecular flexibility index (Phi) is 5.50. The fourth-order valence-corrected chi connectivity index (χ4v) is 2.11. The minimum atomic E-state index is -0.488. The van der Waals surface area contributed by atoms with Crippen LogP contribution in [0.15, 0.2) is 23.8 Å². The molecule has 1 aromatic carbocycles. The highest BCUT2D eigenvalue weighted by Gasteiger charge is 2.16. The Morgan fingerprint density at radius 1 is 1.15 bits per heavy atom. The van der Waals surface area contributed by atoms with E-state index >= 15 is 0 Å². The van der Waals surface area contributed by atoms with Crippen LogP contribution in [0.2, 0.25) is 0 Å². The first-order chi connectivity index (χ1) is 9.40. The molecule has 0 heterocycles. The van der Waals surface area contributed by atoms with Crippen molar-refractivity contribution in [3.63, 3.8) is 0 Å². The molecule has 0 aliphatic heterocycles. The lowest BCUT2D eigenvalue weighted by Crippen LogP contribution is -2.16. The van der Waals surface area contributed by atoms with E-state index < -0.39 is 11.9 Å². The Hall–Kier alpha value is -2.10. The van der Waals surface area contributed by atoms with Gasteiger partial charge in [0.15, 0.2) is 0 Å². The lowest BCUT2D eigenvalue weighted by atomic mass is 10.00. The number of benzene rings is 1. The molecule has 0 N–H and O–H groups in total. The summed E-state index contributed by atoms with van der Waals surface area (Å²) >= 11 is 0. The SMILES string of the molecule is C/C=C(\COC(=O)c1c(C)cc(C)cc1C)C(=O)OC. The van der Waals surface area contributed by atoms with Crippen LogP contribution in [0.4, 0.5) is 0 Å². The third-order valence-electron chi connectivity index (χ3n) is 3.04. The Balaban J connectivity index is 2.86. The van der Waals surface area contributed by atoms with E-state index in [0.717, 1.165) is 16.7 Å². The molecule has 20 heavy (non-hydrogen) atoms. The molecule has 0 atom stereocenters. The van der Waals surface area contributed by atoms with Crippen molar-refractivity contribution in [3.8, 4) is 0 Å². The molecule has 0 fully saturated rings. The molecular formula is C16H20O4. The molecule has 0 aromatic heterocycles. The molecule has 108 valence electrons. The second-order valence-corrected chi connectivity index (χ2v) is 4.66. The van der Waals surface area contributed by atoms with Crippen LogP contribution >= 0.6 is 0 Å². The number of allylic oxidation sites excluding steroid dienone is 1. The highest BCUT2D eigenvalue weighted by molar-refractivity contribution is 5.94. The van der Waals surface area contributed by atoms with Crippen LogP contribution in [0.25, 0.3) is 0 Å². The van der Waals surface area contributed by atoms with Crippen molar-refractivity contribution in [2.24, 2.45) is 0 Å². The summed E-state index contributed by atoms with van der Waals surface area (Å²) in [5.41, 5.74) is 3.71. The summed E-state index contributed by atoms with van der Waals surface area (Å²) in [5.74, 6) is -0.916. The second kappa shape index (κ2) is 6.89. The quantitative estimate of drug-likeness (QED) is 0.627. The molecular weight excluding hydrogens is 256 g/mol. The van der Waals surface area contributed by atoms with Crippen LogP contribution in [-0.4, -0.2) is 25.7 Å². The normalized spacial score (nSPS) is 11.2. The van der Waals surface area contributed by atoms with Gasteiger partial charge < -0.3 is 9.47 Å². The van der Waals surface area contributed by atoms with Crippen molar-refractivity contribution < 1.29 is 19.1 Å². The molecule has 0 spiro atoms. The van der Waals surface area contributed by atoms with Gasteiger partial charge in [-0.15, -0.1) is 0 Å². The van der Waals surface area contributed by atoms with E-state index in [1.165, 1.54) is 7.11 Å². The van der Waals surface area contributed by atoms with Crippen LogP contribution in [0, 0.1) is 20.8 Å². The van der Waals surface area contributed by atoms with E-state index in [9.17, 15) is 9.59 Å². The Morgan fingerprint density at radius 2 is 1.70 bits per heavy atom. The minimum Gasteiger partial charge on any atom is -0.466 e. The van der Waals surface area contributed by atoms with Crippen molar-refractivity contribution >= 4 is 11.9 Å². The summed E-state index contributed by atoms with van der Waals surface area (Å²) < 4.78 is 9.80. The molecule has 0 aliphatic rings. The maximum atomic E-state index is 12.1. The first-order valence-electron chi connectivity index (χ1n) is 6.39. The minimum absolute atomic E-state index is 0.0885. The number of esters is 2. The van der Waals surface area contributed by atoms with Gasteiger partial charge in [0.2, 0.25) is 0 Å². The first-order valence-corrected chi connectivity index (χ1v) is 6.39. The largest absolute Gasteiger partial charge is 0.466 e. The predicted octanol–water partition coefficient (Wildman–Crippen LogP) is 2.89. The van der Waals surface area contributed by atoms with Crippen LogP contribution in [0.1, 0.15) is 34.0 Å². The molecule has 4 nitrogen and oxygen atoms in total. The lowest BCUT2D eigenvalue weighted by Gasteiger charge is -2.11. The molecule has 0 saturated carbocycles. The van der Waals surface area contributed by atoms with Gasteiger partial charge in [-0.1, -0.05) is 23.8 Å². The zero-order valence-corrected chi connectivity index (χ0v) is 12.6. The summed E-state index contributed by atoms with van der Waals surface area (Å²) in [6, 6.07) is 3.86. The first kappa shape index (κ1) is 16.0. The van der Waals surface area contributed by atoms with Gasteiger partial charge in [0.1, 0.15) is 6.61 Å². The second-order valence-electron chi connectivity index (χ2n) is 4.66. The van der Waals surface area contributed by atoms with Crippen LogP contribution < -0.4 is 0 Å². The van der Waals surface area contributed by atoms with Crippen molar-refractivity contribution in [1.82, 2.24) is 0 Å². The van der Waals surface area contributed by atoms with E-state index in [0.29, 0.717) is 11.1 Å². The molecule has 0 radical (unpaired) electrons. The number of hydrogen-bond acceptors (Lipinski definition) is 4. The van der Waals surface area contributed by atoms with Gasteiger partial charge in [-0.05, 0) is 38.8 Å². The number of carbonyl (C=O) groups excluding carboxylic acids is 2. The standard InChI is InChI=1S/C16H20O4/c1-6-13(15(17)19-5)9-20-16(18)14-11(3)7-10(2)8-12(14)4/h6-8H,9H2,1-5H3/b13-6+. The van der Waals surface area contributed by atoms with Gasteiger partial charge in [-0.3, -0.25) is 0 Å². The zero-order chi connectivity index (χ0) is 15.3. The topological polar surface area (TPSA) is 52.6 Å². The van der Waals surface area contributed by atoms with Gasteiger partial charge in [-0.2, -0.15) is 0 Å². The van der Waals surface area contributed by atoms with Crippen LogP contribution in [0.5, 0.6) is 0 Å². The summed E-state index contributed by atoms with van der Waals surface area (Å²) in [6.45, 7) is 7.32. The average Bonchev–Trinajstić information content (AvgIpc) is 2.37. The van der Waals surface area contributed by atoms with E-state index in [1.807, 2.05) is 32.9 Å². The van der Waals surface area contributed by atoms with Crippen LogP contribution in [-0.2, 0) is 14.3 Å². The summed E-state index contributed by atoms with van der Waals surface area (Å²) in [5, 5.41) is 0.